The first-order valence-electron chi connectivity index (χ1n) is 18.0. The summed E-state index contributed by atoms with van der Waals surface area (Å²) in [7, 11) is 0. The van der Waals surface area contributed by atoms with E-state index in [-0.39, 0.29) is 17.5 Å². The van der Waals surface area contributed by atoms with E-state index in [1.54, 1.807) is 24.6 Å². The third-order valence-electron chi connectivity index (χ3n) is 8.11. The standard InChI is InChI=1S/C39H62N2O4/c1-4-6-8-10-12-14-16-18-20-26-44-36-24-22-34(38(42)28-36)31-40-30-33(3)41-32-35-23-25-37(29-39(35)43)45-27-21-19-17-15-13-11-9-7-5-2/h22-25,28-29,31-33,42-43H,4-21,26-27,30H2,1-3H3/t33-/m1/s1. The lowest BCUT2D eigenvalue weighted by molar-refractivity contribution is 0.302. The number of phenols is 2. The van der Waals surface area contributed by atoms with Crippen LogP contribution in [0.5, 0.6) is 23.0 Å². The molecule has 0 amide bonds. The Balaban J connectivity index is 1.62. The number of nitrogens with zero attached hydrogens (tertiary/aromatic N) is 2. The van der Waals surface area contributed by atoms with Crippen LogP contribution >= 0.6 is 0 Å². The van der Waals surface area contributed by atoms with Gasteiger partial charge in [-0.3, -0.25) is 9.98 Å². The highest BCUT2D eigenvalue weighted by Crippen LogP contribution is 2.24. The highest BCUT2D eigenvalue weighted by Gasteiger charge is 2.05. The van der Waals surface area contributed by atoms with Gasteiger partial charge in [-0.2, -0.15) is 0 Å². The molecule has 2 rings (SSSR count). The molecule has 6 heteroatoms. The van der Waals surface area contributed by atoms with Gasteiger partial charge >= 0.3 is 0 Å². The zero-order valence-corrected chi connectivity index (χ0v) is 28.7. The zero-order valence-electron chi connectivity index (χ0n) is 28.7. The number of phenolic OH excluding ortho intramolecular Hbond substituents is 2. The second-order valence-electron chi connectivity index (χ2n) is 12.4. The maximum atomic E-state index is 10.4. The molecule has 0 heterocycles. The zero-order chi connectivity index (χ0) is 32.4. The van der Waals surface area contributed by atoms with Crippen LogP contribution in [0, 0.1) is 0 Å². The molecule has 0 aliphatic rings. The average molecular weight is 623 g/mol. The fraction of sp³-hybridized carbons (Fsp3) is 0.641. The maximum absolute atomic E-state index is 10.4. The summed E-state index contributed by atoms with van der Waals surface area (Å²) in [5.74, 6) is 1.68. The fourth-order valence-electron chi connectivity index (χ4n) is 5.21. The van der Waals surface area contributed by atoms with E-state index in [0.717, 1.165) is 12.8 Å². The minimum Gasteiger partial charge on any atom is -0.507 e. The molecule has 0 unspecified atom stereocenters. The summed E-state index contributed by atoms with van der Waals surface area (Å²) in [6.07, 6.45) is 26.4. The lowest BCUT2D eigenvalue weighted by Gasteiger charge is -2.09. The van der Waals surface area contributed by atoms with Crippen molar-refractivity contribution in [1.82, 2.24) is 0 Å². The van der Waals surface area contributed by atoms with Crippen LogP contribution in [0.25, 0.3) is 0 Å². The smallest absolute Gasteiger partial charge is 0.128 e. The quantitative estimate of drug-likeness (QED) is 0.0767. The Morgan fingerprint density at radius 3 is 1.40 bits per heavy atom. The van der Waals surface area contributed by atoms with Crippen molar-refractivity contribution in [3.05, 3.63) is 47.5 Å². The Morgan fingerprint density at radius 1 is 0.578 bits per heavy atom. The molecule has 6 nitrogen and oxygen atoms in total. The van der Waals surface area contributed by atoms with Crippen LogP contribution in [-0.4, -0.2) is 48.4 Å². The summed E-state index contributed by atoms with van der Waals surface area (Å²) in [6.45, 7) is 8.28. The molecule has 2 aromatic rings. The van der Waals surface area contributed by atoms with Gasteiger partial charge < -0.3 is 19.7 Å². The molecule has 0 aliphatic heterocycles. The van der Waals surface area contributed by atoms with Gasteiger partial charge in [0.05, 0.1) is 25.8 Å². The minimum atomic E-state index is -0.0793. The molecule has 0 saturated heterocycles. The Bertz CT molecular complexity index is 1080. The Labute approximate surface area is 274 Å². The molecule has 45 heavy (non-hydrogen) atoms. The first-order chi connectivity index (χ1) is 22.0. The summed E-state index contributed by atoms with van der Waals surface area (Å²) in [4.78, 5) is 9.00. The Morgan fingerprint density at radius 2 is 0.978 bits per heavy atom. The lowest BCUT2D eigenvalue weighted by Crippen LogP contribution is -2.04. The monoisotopic (exact) mass is 622 g/mol. The first-order valence-corrected chi connectivity index (χ1v) is 18.0. The molecule has 0 aliphatic carbocycles. The highest BCUT2D eigenvalue weighted by atomic mass is 16.5. The molecule has 0 saturated carbocycles. The van der Waals surface area contributed by atoms with Crippen molar-refractivity contribution in [1.29, 1.82) is 0 Å². The molecule has 0 bridgehead atoms. The van der Waals surface area contributed by atoms with Crippen molar-refractivity contribution in [3.63, 3.8) is 0 Å². The number of ether oxygens (including phenoxy) is 2. The van der Waals surface area contributed by atoms with Crippen LogP contribution in [0.2, 0.25) is 0 Å². The van der Waals surface area contributed by atoms with Gasteiger partial charge in [0.1, 0.15) is 23.0 Å². The average Bonchev–Trinajstić information content (AvgIpc) is 3.03. The fourth-order valence-corrected chi connectivity index (χ4v) is 5.21. The normalized spacial score (nSPS) is 12.3. The first kappa shape index (κ1) is 38.2. The van der Waals surface area contributed by atoms with Crippen LogP contribution in [-0.2, 0) is 0 Å². The van der Waals surface area contributed by atoms with Crippen molar-refractivity contribution in [2.24, 2.45) is 9.98 Å². The molecular formula is C39H62N2O4. The summed E-state index contributed by atoms with van der Waals surface area (Å²) in [5, 5.41) is 20.9. The van der Waals surface area contributed by atoms with E-state index in [9.17, 15) is 10.2 Å². The molecular weight excluding hydrogens is 560 g/mol. The van der Waals surface area contributed by atoms with Gasteiger partial charge in [0.25, 0.3) is 0 Å². The number of hydrogen-bond acceptors (Lipinski definition) is 6. The van der Waals surface area contributed by atoms with Gasteiger partial charge in [0.15, 0.2) is 0 Å². The van der Waals surface area contributed by atoms with Crippen LogP contribution in [0.3, 0.4) is 0 Å². The molecule has 2 aromatic carbocycles. The van der Waals surface area contributed by atoms with Gasteiger partial charge in [0, 0.05) is 35.7 Å². The summed E-state index contributed by atoms with van der Waals surface area (Å²) < 4.78 is 11.7. The number of aliphatic imine (C=N–C) groups is 2. The predicted molar refractivity (Wildman–Crippen MR) is 191 cm³/mol. The van der Waals surface area contributed by atoms with Gasteiger partial charge in [-0.15, -0.1) is 0 Å². The highest BCUT2D eigenvalue weighted by molar-refractivity contribution is 5.84. The van der Waals surface area contributed by atoms with Crippen LogP contribution in [0.4, 0.5) is 0 Å². The number of rotatable bonds is 27. The predicted octanol–water partition coefficient (Wildman–Crippen LogP) is 10.8. The molecule has 0 radical (unpaired) electrons. The van der Waals surface area contributed by atoms with E-state index in [0.29, 0.717) is 42.4 Å². The summed E-state index contributed by atoms with van der Waals surface area (Å²) in [5.41, 5.74) is 1.30. The third-order valence-corrected chi connectivity index (χ3v) is 8.11. The third kappa shape index (κ3) is 18.5. The van der Waals surface area contributed by atoms with E-state index in [2.05, 4.69) is 23.8 Å². The maximum Gasteiger partial charge on any atom is 0.128 e. The van der Waals surface area contributed by atoms with Crippen molar-refractivity contribution >= 4 is 12.4 Å². The second kappa shape index (κ2) is 25.2. The van der Waals surface area contributed by atoms with Gasteiger partial charge in [-0.05, 0) is 44.0 Å². The van der Waals surface area contributed by atoms with E-state index in [4.69, 9.17) is 9.47 Å². The molecule has 2 N–H and O–H groups in total. The van der Waals surface area contributed by atoms with E-state index < -0.39 is 0 Å². The van der Waals surface area contributed by atoms with Crippen LogP contribution in [0.15, 0.2) is 46.4 Å². The van der Waals surface area contributed by atoms with Crippen molar-refractivity contribution in [2.45, 2.75) is 142 Å². The SMILES string of the molecule is CCCCCCCCCCCOc1ccc(C=NC[C@@H](C)N=Cc2ccc(OCCCCCCCCCCC)cc2O)c(O)c1. The number of hydrogen-bond donors (Lipinski definition) is 2. The van der Waals surface area contributed by atoms with Gasteiger partial charge in [0.2, 0.25) is 0 Å². The molecule has 1 atom stereocenters. The van der Waals surface area contributed by atoms with Crippen LogP contribution < -0.4 is 9.47 Å². The summed E-state index contributed by atoms with van der Waals surface area (Å²) >= 11 is 0. The largest absolute Gasteiger partial charge is 0.507 e. The number of unbranched alkanes of at least 4 members (excludes halogenated alkanes) is 16. The molecule has 0 fully saturated rings. The lowest BCUT2D eigenvalue weighted by atomic mass is 10.1. The van der Waals surface area contributed by atoms with E-state index in [1.165, 1.54) is 103 Å². The Kier molecular flexibility index (Phi) is 21.4. The van der Waals surface area contributed by atoms with Crippen LogP contribution in [0.1, 0.15) is 147 Å². The number of aromatic hydroxyl groups is 2. The minimum absolute atomic E-state index is 0.0793. The summed E-state index contributed by atoms with van der Waals surface area (Å²) in [6, 6.07) is 10.7. The Hall–Kier alpha value is -3.02. The van der Waals surface area contributed by atoms with E-state index >= 15 is 0 Å². The van der Waals surface area contributed by atoms with E-state index in [1.807, 2.05) is 31.2 Å². The van der Waals surface area contributed by atoms with Crippen molar-refractivity contribution < 1.29 is 19.7 Å². The van der Waals surface area contributed by atoms with Gasteiger partial charge in [-0.25, -0.2) is 0 Å². The van der Waals surface area contributed by atoms with Crippen molar-refractivity contribution in [3.8, 4) is 23.0 Å². The molecule has 0 spiro atoms. The second-order valence-corrected chi connectivity index (χ2v) is 12.4. The topological polar surface area (TPSA) is 83.6 Å². The molecule has 252 valence electrons. The molecule has 0 aromatic heterocycles. The van der Waals surface area contributed by atoms with Crippen molar-refractivity contribution in [2.75, 3.05) is 19.8 Å². The number of benzene rings is 2. The van der Waals surface area contributed by atoms with Gasteiger partial charge in [-0.1, -0.05) is 117 Å².